The number of nitrogens with zero attached hydrogens (tertiary/aromatic N) is 2. The monoisotopic (exact) mass is 478 g/mol. The number of aliphatic imine (C=N–C) groups is 1. The number of aryl methyl sites for hydroxylation is 1. The van der Waals surface area contributed by atoms with Gasteiger partial charge in [-0.25, -0.2) is 14.6 Å². The van der Waals surface area contributed by atoms with Gasteiger partial charge in [0.15, 0.2) is 5.17 Å². The van der Waals surface area contributed by atoms with E-state index in [9.17, 15) is 9.59 Å². The van der Waals surface area contributed by atoms with Gasteiger partial charge in [0.05, 0.1) is 23.9 Å². The summed E-state index contributed by atoms with van der Waals surface area (Å²) in [4.78, 5) is 32.2. The number of ether oxygens (including phenoxy) is 1. The van der Waals surface area contributed by atoms with Gasteiger partial charge < -0.3 is 20.3 Å². The average Bonchev–Trinajstić information content (AvgIpc) is 2.84. The second-order valence-electron chi connectivity index (χ2n) is 8.17. The highest BCUT2D eigenvalue weighted by Crippen LogP contribution is 2.40. The molecule has 0 spiro atoms. The molecule has 8 heteroatoms. The van der Waals surface area contributed by atoms with Crippen LogP contribution >= 0.6 is 11.8 Å². The molecule has 1 unspecified atom stereocenters. The van der Waals surface area contributed by atoms with Crippen molar-refractivity contribution >= 4 is 40.3 Å². The highest BCUT2D eigenvalue weighted by atomic mass is 32.2. The Morgan fingerprint density at radius 1 is 1.12 bits per heavy atom. The molecule has 2 N–H and O–H groups in total. The maximum Gasteiger partial charge on any atom is 0.338 e. The van der Waals surface area contributed by atoms with E-state index in [0.717, 1.165) is 47.1 Å². The van der Waals surface area contributed by atoms with Gasteiger partial charge in [0.25, 0.3) is 0 Å². The van der Waals surface area contributed by atoms with Gasteiger partial charge in [0.1, 0.15) is 0 Å². The molecule has 1 saturated heterocycles. The molecule has 2 aliphatic rings. The topological polar surface area (TPSA) is 83.0 Å². The number of fused-ring (bicyclic) bond motifs is 1. The Morgan fingerprint density at radius 3 is 2.62 bits per heavy atom. The third kappa shape index (κ3) is 5.28. The Labute approximate surface area is 204 Å². The van der Waals surface area contributed by atoms with Crippen molar-refractivity contribution in [2.75, 3.05) is 29.5 Å². The Balaban J connectivity index is 1.53. The summed E-state index contributed by atoms with van der Waals surface area (Å²) in [7, 11) is 0. The molecule has 0 aromatic heterocycles. The highest BCUT2D eigenvalue weighted by Gasteiger charge is 2.37. The van der Waals surface area contributed by atoms with Gasteiger partial charge in [-0.15, -0.1) is 0 Å². The van der Waals surface area contributed by atoms with Gasteiger partial charge in [-0.05, 0) is 62.1 Å². The minimum Gasteiger partial charge on any atom is -0.463 e. The summed E-state index contributed by atoms with van der Waals surface area (Å²) in [6, 6.07) is 14.8. The quantitative estimate of drug-likeness (QED) is 0.530. The largest absolute Gasteiger partial charge is 0.463 e. The van der Waals surface area contributed by atoms with Crippen LogP contribution in [-0.4, -0.2) is 41.0 Å². The van der Waals surface area contributed by atoms with Crippen LogP contribution in [0.3, 0.4) is 0 Å². The lowest BCUT2D eigenvalue weighted by Crippen LogP contribution is -2.42. The van der Waals surface area contributed by atoms with Gasteiger partial charge >= 0.3 is 12.0 Å². The lowest BCUT2D eigenvalue weighted by Gasteiger charge is -2.40. The molecule has 178 valence electrons. The summed E-state index contributed by atoms with van der Waals surface area (Å²) in [6.07, 6.45) is 1.93. The van der Waals surface area contributed by atoms with Crippen molar-refractivity contribution < 1.29 is 14.3 Å². The minimum atomic E-state index is -0.334. The van der Waals surface area contributed by atoms with Crippen molar-refractivity contribution in [2.24, 2.45) is 4.99 Å². The molecule has 4 rings (SSSR count). The normalized spacial score (nSPS) is 17.6. The Kier molecular flexibility index (Phi) is 7.57. The first-order chi connectivity index (χ1) is 16.5. The number of amidine groups is 1. The summed E-state index contributed by atoms with van der Waals surface area (Å²) in [5.41, 5.74) is 4.81. The smallest absolute Gasteiger partial charge is 0.338 e. The van der Waals surface area contributed by atoms with Crippen LogP contribution in [0.5, 0.6) is 0 Å². The van der Waals surface area contributed by atoms with E-state index in [1.807, 2.05) is 55.5 Å². The van der Waals surface area contributed by atoms with Gasteiger partial charge in [0, 0.05) is 23.7 Å². The van der Waals surface area contributed by atoms with E-state index < -0.39 is 0 Å². The molecule has 2 heterocycles. The molecule has 34 heavy (non-hydrogen) atoms. The predicted octanol–water partition coefficient (Wildman–Crippen LogP) is 5.58. The molecule has 7 nitrogen and oxygen atoms in total. The van der Waals surface area contributed by atoms with Crippen molar-refractivity contribution in [3.05, 3.63) is 70.9 Å². The maximum absolute atomic E-state index is 12.9. The van der Waals surface area contributed by atoms with E-state index in [1.165, 1.54) is 0 Å². The summed E-state index contributed by atoms with van der Waals surface area (Å²) in [5.74, 6) is 0.683. The van der Waals surface area contributed by atoms with E-state index in [-0.39, 0.29) is 18.0 Å². The number of urea groups is 1. The molecule has 2 amide bonds. The summed E-state index contributed by atoms with van der Waals surface area (Å²) in [6.45, 7) is 6.89. The lowest BCUT2D eigenvalue weighted by molar-refractivity contribution is -0.139. The van der Waals surface area contributed by atoms with Crippen LogP contribution in [0.25, 0.3) is 0 Å². The minimum absolute atomic E-state index is 0.265. The van der Waals surface area contributed by atoms with Crippen molar-refractivity contribution in [3.8, 4) is 0 Å². The van der Waals surface area contributed by atoms with Crippen molar-refractivity contribution in [1.82, 2.24) is 4.90 Å². The molecule has 1 atom stereocenters. The van der Waals surface area contributed by atoms with Crippen LogP contribution in [-0.2, 0) is 16.0 Å². The van der Waals surface area contributed by atoms with Crippen LogP contribution in [0.15, 0.2) is 64.8 Å². The van der Waals surface area contributed by atoms with Crippen LogP contribution < -0.4 is 10.6 Å². The number of carbonyl (C=O) groups is 2. The van der Waals surface area contributed by atoms with Crippen LogP contribution in [0.1, 0.15) is 44.4 Å². The van der Waals surface area contributed by atoms with E-state index >= 15 is 0 Å². The van der Waals surface area contributed by atoms with E-state index in [4.69, 9.17) is 9.73 Å². The first kappa shape index (κ1) is 23.9. The number of allylic oxidation sites excluding steroid dienone is 1. The molecule has 2 aliphatic heterocycles. The SMILES string of the molecule is CCOC(=O)C1=C(C)N=C2SCCCN2C1c1ccc(NC(=O)Nc2cccc(CC)c2)cc1. The number of rotatable bonds is 6. The molecule has 0 radical (unpaired) electrons. The van der Waals surface area contributed by atoms with Crippen molar-refractivity contribution in [3.63, 3.8) is 0 Å². The van der Waals surface area contributed by atoms with Crippen LogP contribution in [0.2, 0.25) is 0 Å². The Bertz CT molecular complexity index is 1130. The molecular weight excluding hydrogens is 448 g/mol. The number of nitrogens with one attached hydrogen (secondary N) is 2. The van der Waals surface area contributed by atoms with Gasteiger partial charge in [-0.1, -0.05) is 43.0 Å². The second-order valence-corrected chi connectivity index (χ2v) is 9.23. The summed E-state index contributed by atoms with van der Waals surface area (Å²) < 4.78 is 5.37. The summed E-state index contributed by atoms with van der Waals surface area (Å²) in [5, 5.41) is 6.70. The molecular formula is C26H30N4O3S. The fourth-order valence-electron chi connectivity index (χ4n) is 4.20. The zero-order valence-corrected chi connectivity index (χ0v) is 20.6. The molecule has 1 fully saturated rings. The number of anilines is 2. The van der Waals surface area contributed by atoms with Gasteiger partial charge in [0.2, 0.25) is 0 Å². The fraction of sp³-hybridized carbons (Fsp3) is 0.346. The number of hydrogen-bond donors (Lipinski definition) is 2. The van der Waals surface area contributed by atoms with Gasteiger partial charge in [-0.2, -0.15) is 0 Å². The number of carbonyl (C=O) groups excluding carboxylic acids is 2. The van der Waals surface area contributed by atoms with Crippen LogP contribution in [0, 0.1) is 0 Å². The first-order valence-electron chi connectivity index (χ1n) is 11.6. The number of esters is 1. The molecule has 2 aromatic carbocycles. The number of amides is 2. The number of thioether (sulfide) groups is 1. The fourth-order valence-corrected chi connectivity index (χ4v) is 5.22. The first-order valence-corrected chi connectivity index (χ1v) is 12.6. The van der Waals surface area contributed by atoms with E-state index in [0.29, 0.717) is 23.6 Å². The van der Waals surface area contributed by atoms with E-state index in [2.05, 4.69) is 22.5 Å². The summed E-state index contributed by atoms with van der Waals surface area (Å²) >= 11 is 1.72. The Hall–Kier alpha value is -3.26. The molecule has 0 bridgehead atoms. The Morgan fingerprint density at radius 2 is 1.88 bits per heavy atom. The molecule has 0 aliphatic carbocycles. The third-order valence-electron chi connectivity index (χ3n) is 5.83. The molecule has 2 aromatic rings. The number of benzene rings is 2. The molecule has 0 saturated carbocycles. The van der Waals surface area contributed by atoms with Crippen molar-refractivity contribution in [1.29, 1.82) is 0 Å². The standard InChI is InChI=1S/C26H30N4O3S/c1-4-18-8-6-9-21(16-18)29-25(32)28-20-12-10-19(11-13-20)23-22(24(31)33-5-2)17(3)27-26-30(23)14-7-15-34-26/h6,8-13,16,23H,4-5,7,14-15H2,1-3H3,(H2,28,29,32). The van der Waals surface area contributed by atoms with Crippen LogP contribution in [0.4, 0.5) is 16.2 Å². The van der Waals surface area contributed by atoms with Gasteiger partial charge in [-0.3, -0.25) is 0 Å². The zero-order valence-electron chi connectivity index (χ0n) is 19.8. The average molecular weight is 479 g/mol. The highest BCUT2D eigenvalue weighted by molar-refractivity contribution is 8.13. The van der Waals surface area contributed by atoms with E-state index in [1.54, 1.807) is 18.7 Å². The maximum atomic E-state index is 12.9. The third-order valence-corrected chi connectivity index (χ3v) is 6.91. The number of hydrogen-bond acceptors (Lipinski definition) is 6. The van der Waals surface area contributed by atoms with Crippen molar-refractivity contribution in [2.45, 2.75) is 39.7 Å². The second kappa shape index (κ2) is 10.8. The predicted molar refractivity (Wildman–Crippen MR) is 138 cm³/mol. The lowest BCUT2D eigenvalue weighted by atomic mass is 9.94. The zero-order chi connectivity index (χ0) is 24.1.